The van der Waals surface area contributed by atoms with E-state index in [1.54, 1.807) is 0 Å². The third kappa shape index (κ3) is 1.97. The van der Waals surface area contributed by atoms with Gasteiger partial charge in [-0.2, -0.15) is 0 Å². The van der Waals surface area contributed by atoms with Crippen molar-refractivity contribution in [2.24, 2.45) is 0 Å². The fourth-order valence-corrected chi connectivity index (χ4v) is 6.49. The number of rotatable bonds is 0. The van der Waals surface area contributed by atoms with Crippen LogP contribution in [0.5, 0.6) is 0 Å². The van der Waals surface area contributed by atoms with Crippen LogP contribution in [-0.2, 0) is 6.42 Å². The Morgan fingerprint density at radius 1 is 0.882 bits per heavy atom. The number of fused-ring (bicyclic) bond motifs is 12. The molecule has 0 radical (unpaired) electrons. The first-order valence-electron chi connectivity index (χ1n) is 12.1. The van der Waals surface area contributed by atoms with Crippen LogP contribution in [0.25, 0.3) is 55.0 Å². The summed E-state index contributed by atoms with van der Waals surface area (Å²) in [6.45, 7) is 0. The monoisotopic (exact) mass is 439 g/mol. The molecule has 2 N–H and O–H groups in total. The quantitative estimate of drug-likeness (QED) is 0.262. The van der Waals surface area contributed by atoms with Gasteiger partial charge in [-0.15, -0.1) is 0 Å². The lowest BCUT2D eigenvalue weighted by molar-refractivity contribution is 0.546. The maximum atomic E-state index is 6.38. The van der Waals surface area contributed by atoms with Gasteiger partial charge in [-0.05, 0) is 29.3 Å². The number of allylic oxidation sites excluding steroid dienone is 3. The number of nitrogens with one attached hydrogen (secondary N) is 2. The Morgan fingerprint density at radius 2 is 1.76 bits per heavy atom. The van der Waals surface area contributed by atoms with Gasteiger partial charge in [-0.3, -0.25) is 4.40 Å². The fraction of sp³-hybridized carbons (Fsp3) is 0.133. The molecule has 1 aliphatic heterocycles. The van der Waals surface area contributed by atoms with Gasteiger partial charge in [-0.25, -0.2) is 0 Å². The minimum atomic E-state index is 0.227. The summed E-state index contributed by atoms with van der Waals surface area (Å²) in [7, 11) is 0. The minimum absolute atomic E-state index is 0.227. The Kier molecular flexibility index (Phi) is 2.97. The van der Waals surface area contributed by atoms with Crippen molar-refractivity contribution in [1.82, 2.24) is 4.40 Å². The normalized spacial score (nSPS) is 20.8. The first-order chi connectivity index (χ1) is 16.8. The maximum Gasteiger partial charge on any atom is 0.137 e. The Hall–Kier alpha value is -4.18. The summed E-state index contributed by atoms with van der Waals surface area (Å²) in [5.41, 5.74) is 5.90. The third-order valence-corrected chi connectivity index (χ3v) is 7.98. The Balaban J connectivity index is 1.50. The predicted octanol–water partition coefficient (Wildman–Crippen LogP) is 7.24. The molecule has 2 atom stereocenters. The molecule has 9 rings (SSSR count). The van der Waals surface area contributed by atoms with Crippen LogP contribution in [0.1, 0.15) is 17.7 Å². The lowest BCUT2D eigenvalue weighted by Crippen LogP contribution is -2.41. The van der Waals surface area contributed by atoms with Gasteiger partial charge in [0.05, 0.1) is 28.8 Å². The molecule has 34 heavy (non-hydrogen) atoms. The molecule has 3 aromatic heterocycles. The van der Waals surface area contributed by atoms with Crippen LogP contribution in [0, 0.1) is 0 Å². The molecule has 4 nitrogen and oxygen atoms in total. The van der Waals surface area contributed by atoms with E-state index in [2.05, 4.69) is 94.0 Å². The fourth-order valence-electron chi connectivity index (χ4n) is 6.49. The van der Waals surface area contributed by atoms with Crippen molar-refractivity contribution in [1.29, 1.82) is 0 Å². The highest BCUT2D eigenvalue weighted by Crippen LogP contribution is 2.49. The van der Waals surface area contributed by atoms with Gasteiger partial charge in [0, 0.05) is 39.6 Å². The number of anilines is 2. The summed E-state index contributed by atoms with van der Waals surface area (Å²) in [5.74, 6) is 2.25. The highest BCUT2D eigenvalue weighted by atomic mass is 16.3. The highest BCUT2D eigenvalue weighted by molar-refractivity contribution is 6.30. The first kappa shape index (κ1) is 17.3. The van der Waals surface area contributed by atoms with Crippen molar-refractivity contribution in [2.45, 2.75) is 24.9 Å². The van der Waals surface area contributed by atoms with Gasteiger partial charge in [-0.1, -0.05) is 60.7 Å². The van der Waals surface area contributed by atoms with E-state index in [0.29, 0.717) is 0 Å². The highest BCUT2D eigenvalue weighted by Gasteiger charge is 2.32. The van der Waals surface area contributed by atoms with E-state index in [1.165, 1.54) is 54.6 Å². The third-order valence-electron chi connectivity index (χ3n) is 7.98. The number of benzene rings is 3. The molecule has 6 aromatic rings. The number of furan rings is 1. The minimum Gasteiger partial charge on any atom is -0.460 e. The molecule has 0 saturated heterocycles. The zero-order chi connectivity index (χ0) is 22.0. The smallest absolute Gasteiger partial charge is 0.137 e. The number of nitrogens with zero attached hydrogens (tertiary/aromatic N) is 1. The van der Waals surface area contributed by atoms with Crippen LogP contribution in [0.2, 0.25) is 0 Å². The van der Waals surface area contributed by atoms with Crippen LogP contribution >= 0.6 is 0 Å². The van der Waals surface area contributed by atoms with Gasteiger partial charge in [0.25, 0.3) is 0 Å². The largest absolute Gasteiger partial charge is 0.460 e. The molecule has 0 spiro atoms. The van der Waals surface area contributed by atoms with Crippen LogP contribution in [0.4, 0.5) is 11.5 Å². The van der Waals surface area contributed by atoms with Crippen molar-refractivity contribution in [3.63, 3.8) is 0 Å². The van der Waals surface area contributed by atoms with Gasteiger partial charge < -0.3 is 15.1 Å². The van der Waals surface area contributed by atoms with Crippen molar-refractivity contribution >= 4 is 66.5 Å². The summed E-state index contributed by atoms with van der Waals surface area (Å²) in [6, 6.07) is 16.2. The molecule has 0 saturated carbocycles. The van der Waals surface area contributed by atoms with E-state index in [9.17, 15) is 0 Å². The lowest BCUT2D eigenvalue weighted by atomic mass is 9.97. The van der Waals surface area contributed by atoms with Gasteiger partial charge in [0.2, 0.25) is 0 Å². The Labute approximate surface area is 195 Å². The standard InChI is InChI=1S/C30H21N3O/c1-2-8-17-16(7-1)13-21-28-30(32-23-11-5-4-10-22(23)31-28)33-24-15-26-19(14-20(24)27(17)29(21)33)18-9-3-6-12-25(18)34-26/h1-5,7-11,13-15,22-23,31-32H,6,12H2. The van der Waals surface area contributed by atoms with Gasteiger partial charge in [0.1, 0.15) is 17.2 Å². The van der Waals surface area contributed by atoms with E-state index in [1.807, 2.05) is 0 Å². The molecule has 3 aromatic carbocycles. The second-order valence-electron chi connectivity index (χ2n) is 9.78. The zero-order valence-electron chi connectivity index (χ0n) is 18.4. The Bertz CT molecular complexity index is 1930. The predicted molar refractivity (Wildman–Crippen MR) is 141 cm³/mol. The summed E-state index contributed by atoms with van der Waals surface area (Å²) >= 11 is 0. The van der Waals surface area contributed by atoms with Crippen LogP contribution in [0.3, 0.4) is 0 Å². The summed E-state index contributed by atoms with van der Waals surface area (Å²) in [6.07, 6.45) is 15.3. The SMILES string of the molecule is C1=CC2Nc3c(n4c5cc6oc7c(c6cc5c5c6ccccc6cc3c54)C=CCC7)NC2C=C1. The molecule has 3 aliphatic rings. The van der Waals surface area contributed by atoms with Crippen molar-refractivity contribution < 1.29 is 4.42 Å². The molecule has 0 amide bonds. The summed E-state index contributed by atoms with van der Waals surface area (Å²) < 4.78 is 8.81. The number of aryl methyl sites for hydroxylation is 1. The topological polar surface area (TPSA) is 41.6 Å². The molecule has 0 bridgehead atoms. The molecular formula is C30H21N3O. The van der Waals surface area contributed by atoms with Crippen molar-refractivity contribution in [3.8, 4) is 0 Å². The average molecular weight is 440 g/mol. The second-order valence-corrected chi connectivity index (χ2v) is 9.78. The van der Waals surface area contributed by atoms with Crippen LogP contribution in [-0.4, -0.2) is 16.5 Å². The zero-order valence-corrected chi connectivity index (χ0v) is 18.4. The van der Waals surface area contributed by atoms with Crippen molar-refractivity contribution in [3.05, 3.63) is 84.2 Å². The van der Waals surface area contributed by atoms with Crippen LogP contribution < -0.4 is 10.6 Å². The van der Waals surface area contributed by atoms with E-state index in [4.69, 9.17) is 4.42 Å². The molecule has 4 heteroatoms. The van der Waals surface area contributed by atoms with E-state index >= 15 is 0 Å². The van der Waals surface area contributed by atoms with Gasteiger partial charge in [0.15, 0.2) is 0 Å². The second kappa shape index (κ2) is 5.84. The number of hydrogen-bond acceptors (Lipinski definition) is 3. The first-order valence-corrected chi connectivity index (χ1v) is 12.1. The Morgan fingerprint density at radius 3 is 2.71 bits per heavy atom. The number of aromatic nitrogens is 1. The van der Waals surface area contributed by atoms with E-state index < -0.39 is 0 Å². The average Bonchev–Trinajstić information content (AvgIpc) is 3.51. The molecular weight excluding hydrogens is 418 g/mol. The molecule has 2 aliphatic carbocycles. The summed E-state index contributed by atoms with van der Waals surface area (Å²) in [4.78, 5) is 0. The summed E-state index contributed by atoms with van der Waals surface area (Å²) in [5, 5.41) is 15.4. The van der Waals surface area contributed by atoms with E-state index in [0.717, 1.165) is 30.0 Å². The van der Waals surface area contributed by atoms with Crippen molar-refractivity contribution in [2.75, 3.05) is 10.6 Å². The molecule has 162 valence electrons. The maximum absolute atomic E-state index is 6.38. The molecule has 2 unspecified atom stereocenters. The van der Waals surface area contributed by atoms with Gasteiger partial charge >= 0.3 is 0 Å². The van der Waals surface area contributed by atoms with E-state index in [-0.39, 0.29) is 12.1 Å². The molecule has 4 heterocycles. The lowest BCUT2D eigenvalue weighted by Gasteiger charge is -2.33. The number of hydrogen-bond donors (Lipinski definition) is 2. The van der Waals surface area contributed by atoms with Crippen LogP contribution in [0.15, 0.2) is 77.3 Å². The molecule has 0 fully saturated rings.